The lowest BCUT2D eigenvalue weighted by atomic mass is 10.1. The fourth-order valence-electron chi connectivity index (χ4n) is 2.90. The quantitative estimate of drug-likeness (QED) is 0.826. The SMILES string of the molecule is CCNC(=O)[C@@H](C)[NH+]1CCN(c2ccccc2C)CC1. The summed E-state index contributed by atoms with van der Waals surface area (Å²) in [4.78, 5) is 15.7. The van der Waals surface area contributed by atoms with Crippen LogP contribution >= 0.6 is 0 Å². The molecule has 0 aromatic heterocycles. The molecule has 1 saturated heterocycles. The molecule has 110 valence electrons. The van der Waals surface area contributed by atoms with Gasteiger partial charge in [-0.15, -0.1) is 0 Å². The van der Waals surface area contributed by atoms with Crippen molar-refractivity contribution in [1.82, 2.24) is 5.32 Å². The van der Waals surface area contributed by atoms with Crippen LogP contribution in [0.15, 0.2) is 24.3 Å². The Hall–Kier alpha value is -1.55. The van der Waals surface area contributed by atoms with Crippen LogP contribution in [0, 0.1) is 6.92 Å². The molecule has 4 nitrogen and oxygen atoms in total. The lowest BCUT2D eigenvalue weighted by Crippen LogP contribution is -3.19. The molecule has 0 unspecified atom stereocenters. The minimum Gasteiger partial charge on any atom is -0.360 e. The third kappa shape index (κ3) is 3.31. The number of quaternary nitrogens is 1. The Morgan fingerprint density at radius 1 is 1.35 bits per heavy atom. The number of benzene rings is 1. The molecule has 4 heteroatoms. The second-order valence-electron chi connectivity index (χ2n) is 5.55. The fourth-order valence-corrected chi connectivity index (χ4v) is 2.90. The van der Waals surface area contributed by atoms with Gasteiger partial charge in [0, 0.05) is 12.2 Å². The van der Waals surface area contributed by atoms with E-state index in [0.29, 0.717) is 6.54 Å². The Bertz CT molecular complexity index is 453. The fraction of sp³-hybridized carbons (Fsp3) is 0.562. The third-order valence-electron chi connectivity index (χ3n) is 4.22. The smallest absolute Gasteiger partial charge is 0.278 e. The van der Waals surface area contributed by atoms with E-state index in [0.717, 1.165) is 26.2 Å². The topological polar surface area (TPSA) is 36.8 Å². The van der Waals surface area contributed by atoms with Crippen LogP contribution in [0.4, 0.5) is 5.69 Å². The van der Waals surface area contributed by atoms with E-state index in [1.165, 1.54) is 16.2 Å². The maximum Gasteiger partial charge on any atom is 0.278 e. The van der Waals surface area contributed by atoms with Gasteiger partial charge in [0.25, 0.3) is 5.91 Å². The van der Waals surface area contributed by atoms with Gasteiger partial charge < -0.3 is 15.1 Å². The van der Waals surface area contributed by atoms with Crippen molar-refractivity contribution in [3.8, 4) is 0 Å². The van der Waals surface area contributed by atoms with Crippen LogP contribution in [0.3, 0.4) is 0 Å². The molecule has 20 heavy (non-hydrogen) atoms. The Balaban J connectivity index is 1.92. The number of rotatable bonds is 4. The Morgan fingerprint density at radius 3 is 2.60 bits per heavy atom. The predicted octanol–water partition coefficient (Wildman–Crippen LogP) is 0.225. The van der Waals surface area contributed by atoms with Gasteiger partial charge in [0.1, 0.15) is 0 Å². The zero-order chi connectivity index (χ0) is 14.5. The first-order valence-corrected chi connectivity index (χ1v) is 7.56. The molecule has 1 heterocycles. The molecular weight excluding hydrogens is 250 g/mol. The largest absolute Gasteiger partial charge is 0.360 e. The number of amides is 1. The molecule has 2 N–H and O–H groups in total. The summed E-state index contributed by atoms with van der Waals surface area (Å²) < 4.78 is 0. The second kappa shape index (κ2) is 6.75. The molecule has 0 saturated carbocycles. The van der Waals surface area contributed by atoms with Crippen LogP contribution in [-0.2, 0) is 4.79 Å². The highest BCUT2D eigenvalue weighted by Crippen LogP contribution is 2.18. The lowest BCUT2D eigenvalue weighted by Gasteiger charge is -2.36. The van der Waals surface area contributed by atoms with E-state index in [4.69, 9.17) is 0 Å². The summed E-state index contributed by atoms with van der Waals surface area (Å²) in [5, 5.41) is 2.92. The van der Waals surface area contributed by atoms with Gasteiger partial charge in [-0.3, -0.25) is 4.79 Å². The predicted molar refractivity (Wildman–Crippen MR) is 82.2 cm³/mol. The minimum atomic E-state index is 0.0500. The highest BCUT2D eigenvalue weighted by atomic mass is 16.2. The van der Waals surface area contributed by atoms with Crippen molar-refractivity contribution in [2.75, 3.05) is 37.6 Å². The molecule has 1 aliphatic rings. The monoisotopic (exact) mass is 276 g/mol. The van der Waals surface area contributed by atoms with E-state index < -0.39 is 0 Å². The molecule has 1 aromatic rings. The molecule has 2 rings (SSSR count). The summed E-state index contributed by atoms with van der Waals surface area (Å²) in [5.74, 6) is 0.173. The highest BCUT2D eigenvalue weighted by molar-refractivity contribution is 5.79. The van der Waals surface area contributed by atoms with Crippen molar-refractivity contribution >= 4 is 11.6 Å². The van der Waals surface area contributed by atoms with Gasteiger partial charge in [0.15, 0.2) is 6.04 Å². The first-order valence-electron chi connectivity index (χ1n) is 7.56. The minimum absolute atomic E-state index is 0.0500. The van der Waals surface area contributed by atoms with Crippen molar-refractivity contribution in [1.29, 1.82) is 0 Å². The van der Waals surface area contributed by atoms with Crippen molar-refractivity contribution < 1.29 is 9.69 Å². The number of para-hydroxylation sites is 1. The van der Waals surface area contributed by atoms with E-state index in [9.17, 15) is 4.79 Å². The van der Waals surface area contributed by atoms with Crippen molar-refractivity contribution in [3.05, 3.63) is 29.8 Å². The van der Waals surface area contributed by atoms with E-state index >= 15 is 0 Å². The maximum absolute atomic E-state index is 11.9. The zero-order valence-corrected chi connectivity index (χ0v) is 12.8. The van der Waals surface area contributed by atoms with Gasteiger partial charge in [-0.2, -0.15) is 0 Å². The van der Waals surface area contributed by atoms with Crippen LogP contribution in [0.1, 0.15) is 19.4 Å². The van der Waals surface area contributed by atoms with E-state index in [1.807, 2.05) is 13.8 Å². The first-order chi connectivity index (χ1) is 9.63. The van der Waals surface area contributed by atoms with E-state index in [1.54, 1.807) is 0 Å². The number of aryl methyl sites for hydroxylation is 1. The van der Waals surface area contributed by atoms with Crippen molar-refractivity contribution in [2.45, 2.75) is 26.8 Å². The molecule has 1 amide bonds. The average molecular weight is 276 g/mol. The van der Waals surface area contributed by atoms with Crippen LogP contribution in [0.5, 0.6) is 0 Å². The number of nitrogens with zero attached hydrogens (tertiary/aromatic N) is 1. The highest BCUT2D eigenvalue weighted by Gasteiger charge is 2.29. The van der Waals surface area contributed by atoms with Gasteiger partial charge in [0.05, 0.1) is 26.2 Å². The number of carbonyl (C=O) groups excluding carboxylic acids is 1. The summed E-state index contributed by atoms with van der Waals surface area (Å²) >= 11 is 0. The van der Waals surface area contributed by atoms with E-state index in [-0.39, 0.29) is 11.9 Å². The molecule has 1 atom stereocenters. The summed E-state index contributed by atoms with van der Waals surface area (Å²) in [6, 6.07) is 8.57. The molecule has 1 aromatic carbocycles. The number of carbonyl (C=O) groups is 1. The van der Waals surface area contributed by atoms with Gasteiger partial charge in [-0.05, 0) is 32.4 Å². The van der Waals surface area contributed by atoms with Crippen molar-refractivity contribution in [3.63, 3.8) is 0 Å². The first kappa shape index (κ1) is 14.9. The van der Waals surface area contributed by atoms with Gasteiger partial charge in [0.2, 0.25) is 0 Å². The number of likely N-dealkylation sites (N-methyl/N-ethyl adjacent to an activating group) is 1. The summed E-state index contributed by atoms with van der Waals surface area (Å²) in [6.45, 7) is 10.9. The molecule has 1 fully saturated rings. The number of hydrogen-bond acceptors (Lipinski definition) is 2. The molecule has 1 aliphatic heterocycles. The molecule has 0 aliphatic carbocycles. The normalized spacial score (nSPS) is 17.9. The summed E-state index contributed by atoms with van der Waals surface area (Å²) in [7, 11) is 0. The number of piperazine rings is 1. The number of anilines is 1. The van der Waals surface area contributed by atoms with Crippen LogP contribution in [0.25, 0.3) is 0 Å². The van der Waals surface area contributed by atoms with E-state index in [2.05, 4.69) is 41.4 Å². The average Bonchev–Trinajstić information content (AvgIpc) is 2.47. The Kier molecular flexibility index (Phi) is 5.01. The zero-order valence-electron chi connectivity index (χ0n) is 12.8. The van der Waals surface area contributed by atoms with Gasteiger partial charge >= 0.3 is 0 Å². The number of hydrogen-bond donors (Lipinski definition) is 2. The van der Waals surface area contributed by atoms with Gasteiger partial charge in [-0.1, -0.05) is 18.2 Å². The molecule has 0 bridgehead atoms. The van der Waals surface area contributed by atoms with Crippen LogP contribution < -0.4 is 15.1 Å². The van der Waals surface area contributed by atoms with Crippen LogP contribution in [0.2, 0.25) is 0 Å². The third-order valence-corrected chi connectivity index (χ3v) is 4.22. The number of nitrogens with one attached hydrogen (secondary N) is 2. The Morgan fingerprint density at radius 2 is 2.00 bits per heavy atom. The maximum atomic E-state index is 11.9. The van der Waals surface area contributed by atoms with Crippen LogP contribution in [-0.4, -0.2) is 44.7 Å². The van der Waals surface area contributed by atoms with Crippen molar-refractivity contribution in [2.24, 2.45) is 0 Å². The standard InChI is InChI=1S/C16H25N3O/c1-4-17-16(20)14(3)18-9-11-19(12-10-18)15-8-6-5-7-13(15)2/h5-8,14H,4,9-12H2,1-3H3,(H,17,20)/p+1/t14-/m1/s1. The second-order valence-corrected chi connectivity index (χ2v) is 5.55. The Labute approximate surface area is 121 Å². The molecule has 0 spiro atoms. The molecule has 0 radical (unpaired) electrons. The van der Waals surface area contributed by atoms with Gasteiger partial charge in [-0.25, -0.2) is 0 Å². The summed E-state index contributed by atoms with van der Waals surface area (Å²) in [5.41, 5.74) is 2.66. The molecular formula is C16H26N3O+. The summed E-state index contributed by atoms with van der Waals surface area (Å²) in [6.07, 6.45) is 0. The lowest BCUT2D eigenvalue weighted by molar-refractivity contribution is -0.914.